The first-order chi connectivity index (χ1) is 11.1. The highest BCUT2D eigenvalue weighted by Crippen LogP contribution is 2.23. The minimum Gasteiger partial charge on any atom is -0.354 e. The number of nitrogens with zero attached hydrogens (tertiary/aromatic N) is 1. The summed E-state index contributed by atoms with van der Waals surface area (Å²) in [4.78, 5) is 15.4. The van der Waals surface area contributed by atoms with Gasteiger partial charge in [-0.3, -0.25) is 9.79 Å². The summed E-state index contributed by atoms with van der Waals surface area (Å²) in [5.74, 6) is 1.63. The summed E-state index contributed by atoms with van der Waals surface area (Å²) in [6.07, 6.45) is 4.99. The molecule has 0 radical (unpaired) electrons. The number of carbonyl (C=O) groups excluding carboxylic acids is 1. The smallest absolute Gasteiger partial charge is 0.221 e. The molecule has 0 spiro atoms. The molecule has 1 aliphatic rings. The first kappa shape index (κ1) is 20.7. The number of hydrogen-bond acceptors (Lipinski definition) is 2. The van der Waals surface area contributed by atoms with Crippen LogP contribution in [0.1, 0.15) is 45.1 Å². The largest absolute Gasteiger partial charge is 0.354 e. The Morgan fingerprint density at radius 3 is 2.58 bits per heavy atom. The van der Waals surface area contributed by atoms with Gasteiger partial charge in [0.1, 0.15) is 0 Å². The average molecular weight is 444 g/mol. The molecule has 0 aromatic heterocycles. The lowest BCUT2D eigenvalue weighted by molar-refractivity contribution is -0.114. The highest BCUT2D eigenvalue weighted by Gasteiger charge is 2.18. The zero-order chi connectivity index (χ0) is 16.7. The van der Waals surface area contributed by atoms with Gasteiger partial charge >= 0.3 is 0 Å². The summed E-state index contributed by atoms with van der Waals surface area (Å²) in [7, 11) is 1.80. The van der Waals surface area contributed by atoms with Gasteiger partial charge in [0.05, 0.1) is 0 Å². The molecule has 0 heterocycles. The molecule has 1 aromatic rings. The number of halogens is 1. The van der Waals surface area contributed by atoms with Gasteiger partial charge in [-0.15, -0.1) is 24.0 Å². The van der Waals surface area contributed by atoms with Crippen LogP contribution in [0.15, 0.2) is 29.3 Å². The van der Waals surface area contributed by atoms with Crippen LogP contribution < -0.4 is 16.0 Å². The molecular weight excluding hydrogens is 415 g/mol. The molecule has 0 unspecified atom stereocenters. The maximum atomic E-state index is 11.1. The number of guanidine groups is 1. The van der Waals surface area contributed by atoms with E-state index in [1.54, 1.807) is 7.05 Å². The predicted octanol–water partition coefficient (Wildman–Crippen LogP) is 3.51. The van der Waals surface area contributed by atoms with Gasteiger partial charge in [-0.05, 0) is 49.3 Å². The molecule has 0 saturated heterocycles. The van der Waals surface area contributed by atoms with E-state index in [-0.39, 0.29) is 29.9 Å². The first-order valence-electron chi connectivity index (χ1n) is 8.40. The number of amides is 1. The van der Waals surface area contributed by atoms with Gasteiger partial charge < -0.3 is 16.0 Å². The van der Waals surface area contributed by atoms with E-state index in [4.69, 9.17) is 0 Å². The lowest BCUT2D eigenvalue weighted by Crippen LogP contribution is -2.44. The van der Waals surface area contributed by atoms with Crippen LogP contribution in [-0.2, 0) is 11.3 Å². The number of benzene rings is 1. The normalized spacial score (nSPS) is 20.7. The third kappa shape index (κ3) is 7.07. The Labute approximate surface area is 162 Å². The molecule has 0 atom stereocenters. The molecule has 2 rings (SSSR count). The van der Waals surface area contributed by atoms with Gasteiger partial charge in [0.15, 0.2) is 5.96 Å². The van der Waals surface area contributed by atoms with Crippen LogP contribution in [0.25, 0.3) is 0 Å². The van der Waals surface area contributed by atoms with Gasteiger partial charge in [0.2, 0.25) is 5.91 Å². The van der Waals surface area contributed by atoms with E-state index in [1.807, 2.05) is 24.3 Å². The van der Waals surface area contributed by atoms with Crippen molar-refractivity contribution in [1.82, 2.24) is 10.6 Å². The minimum atomic E-state index is -0.0564. The highest BCUT2D eigenvalue weighted by molar-refractivity contribution is 14.0. The molecule has 5 nitrogen and oxygen atoms in total. The maximum absolute atomic E-state index is 11.1. The molecule has 1 amide bonds. The van der Waals surface area contributed by atoms with E-state index >= 15 is 0 Å². The van der Waals surface area contributed by atoms with Crippen molar-refractivity contribution < 1.29 is 4.79 Å². The van der Waals surface area contributed by atoms with Crippen molar-refractivity contribution in [3.8, 4) is 0 Å². The molecule has 3 N–H and O–H groups in total. The molecule has 24 heavy (non-hydrogen) atoms. The molecule has 1 aromatic carbocycles. The quantitative estimate of drug-likeness (QED) is 0.379. The van der Waals surface area contributed by atoms with Crippen LogP contribution in [0.3, 0.4) is 0 Å². The molecule has 0 aliphatic heterocycles. The van der Waals surface area contributed by atoms with Crippen molar-refractivity contribution in [1.29, 1.82) is 0 Å². The standard InChI is InChI=1S/C18H28N4O.HI/c1-13-7-9-16(10-8-13)22-18(19-3)20-12-15-5-4-6-17(11-15)21-14(2)23;/h4-6,11,13,16H,7-10,12H2,1-3H3,(H,21,23)(H2,19,20,22);1H. The van der Waals surface area contributed by atoms with Crippen LogP contribution in [0.4, 0.5) is 5.69 Å². The Morgan fingerprint density at radius 1 is 1.25 bits per heavy atom. The fraction of sp³-hybridized carbons (Fsp3) is 0.556. The van der Waals surface area contributed by atoms with Crippen LogP contribution in [-0.4, -0.2) is 25.0 Å². The van der Waals surface area contributed by atoms with E-state index in [2.05, 4.69) is 27.9 Å². The average Bonchev–Trinajstić information content (AvgIpc) is 2.53. The second-order valence-corrected chi connectivity index (χ2v) is 6.41. The van der Waals surface area contributed by atoms with Crippen molar-refractivity contribution >= 4 is 41.5 Å². The molecule has 0 bridgehead atoms. The van der Waals surface area contributed by atoms with E-state index in [0.29, 0.717) is 12.6 Å². The van der Waals surface area contributed by atoms with Gasteiger partial charge in [0.25, 0.3) is 0 Å². The SMILES string of the molecule is CN=C(NCc1cccc(NC(C)=O)c1)NC1CCC(C)CC1.I. The third-order valence-electron chi connectivity index (χ3n) is 4.29. The summed E-state index contributed by atoms with van der Waals surface area (Å²) in [5, 5.41) is 9.67. The molecule has 1 saturated carbocycles. The second-order valence-electron chi connectivity index (χ2n) is 6.41. The molecule has 134 valence electrons. The highest BCUT2D eigenvalue weighted by atomic mass is 127. The number of aliphatic imine (C=N–C) groups is 1. The summed E-state index contributed by atoms with van der Waals surface area (Å²) < 4.78 is 0. The summed E-state index contributed by atoms with van der Waals surface area (Å²) >= 11 is 0. The molecule has 1 aliphatic carbocycles. The van der Waals surface area contributed by atoms with Gasteiger partial charge in [-0.1, -0.05) is 19.1 Å². The Balaban J connectivity index is 0.00000288. The predicted molar refractivity (Wildman–Crippen MR) is 111 cm³/mol. The van der Waals surface area contributed by atoms with E-state index < -0.39 is 0 Å². The number of rotatable bonds is 4. The molecule has 1 fully saturated rings. The van der Waals surface area contributed by atoms with Crippen molar-refractivity contribution in [2.24, 2.45) is 10.9 Å². The minimum absolute atomic E-state index is 0. The Morgan fingerprint density at radius 2 is 1.96 bits per heavy atom. The lowest BCUT2D eigenvalue weighted by atomic mass is 9.87. The molecule has 6 heteroatoms. The Bertz CT molecular complexity index is 554. The summed E-state index contributed by atoms with van der Waals surface area (Å²) in [5.41, 5.74) is 1.93. The Kier molecular flexibility index (Phi) is 9.10. The molecular formula is C18H29IN4O. The van der Waals surface area contributed by atoms with Crippen molar-refractivity contribution in [3.05, 3.63) is 29.8 Å². The Hall–Kier alpha value is -1.31. The first-order valence-corrected chi connectivity index (χ1v) is 8.40. The summed E-state index contributed by atoms with van der Waals surface area (Å²) in [6, 6.07) is 8.36. The van der Waals surface area contributed by atoms with Crippen molar-refractivity contribution in [3.63, 3.8) is 0 Å². The van der Waals surface area contributed by atoms with E-state index in [1.165, 1.54) is 32.6 Å². The van der Waals surface area contributed by atoms with Crippen LogP contribution in [0, 0.1) is 5.92 Å². The second kappa shape index (κ2) is 10.5. The van der Waals surface area contributed by atoms with Crippen LogP contribution in [0.5, 0.6) is 0 Å². The number of nitrogens with one attached hydrogen (secondary N) is 3. The van der Waals surface area contributed by atoms with E-state index in [0.717, 1.165) is 23.1 Å². The summed E-state index contributed by atoms with van der Waals surface area (Å²) in [6.45, 7) is 4.52. The van der Waals surface area contributed by atoms with E-state index in [9.17, 15) is 4.79 Å². The fourth-order valence-corrected chi connectivity index (χ4v) is 2.94. The van der Waals surface area contributed by atoms with Crippen LogP contribution >= 0.6 is 24.0 Å². The van der Waals surface area contributed by atoms with Crippen molar-refractivity contribution in [2.45, 2.75) is 52.1 Å². The van der Waals surface area contributed by atoms with Gasteiger partial charge in [0, 0.05) is 32.2 Å². The van der Waals surface area contributed by atoms with Crippen LogP contribution in [0.2, 0.25) is 0 Å². The number of anilines is 1. The monoisotopic (exact) mass is 444 g/mol. The number of hydrogen-bond donors (Lipinski definition) is 3. The van der Waals surface area contributed by atoms with Crippen molar-refractivity contribution in [2.75, 3.05) is 12.4 Å². The lowest BCUT2D eigenvalue weighted by Gasteiger charge is -2.28. The van der Waals surface area contributed by atoms with Gasteiger partial charge in [-0.25, -0.2) is 0 Å². The topological polar surface area (TPSA) is 65.5 Å². The zero-order valence-corrected chi connectivity index (χ0v) is 17.1. The zero-order valence-electron chi connectivity index (χ0n) is 14.8. The number of carbonyl (C=O) groups is 1. The maximum Gasteiger partial charge on any atom is 0.221 e. The fourth-order valence-electron chi connectivity index (χ4n) is 2.94. The third-order valence-corrected chi connectivity index (χ3v) is 4.29. The van der Waals surface area contributed by atoms with Gasteiger partial charge in [-0.2, -0.15) is 0 Å².